The highest BCUT2D eigenvalue weighted by Gasteiger charge is 2.38. The maximum atomic E-state index is 12.8. The molecular weight excluding hydrogens is 402 g/mol. The number of aliphatic carboxylic acids is 1. The van der Waals surface area contributed by atoms with Gasteiger partial charge in [-0.15, -0.1) is 0 Å². The lowest BCUT2D eigenvalue weighted by molar-refractivity contribution is -0.131. The number of anilines is 2. The highest BCUT2D eigenvalue weighted by atomic mass is 32.2. The zero-order valence-corrected chi connectivity index (χ0v) is 17.0. The number of nitrogens with zero attached hydrogens (tertiary/aromatic N) is 2. The summed E-state index contributed by atoms with van der Waals surface area (Å²) in [6, 6.07) is 3.34. The average molecular weight is 422 g/mol. The van der Waals surface area contributed by atoms with Crippen LogP contribution in [0.3, 0.4) is 0 Å². The predicted octanol–water partition coefficient (Wildman–Crippen LogP) is 2.85. The number of hydrogen-bond donors (Lipinski definition) is 4. The Morgan fingerprint density at radius 3 is 2.75 bits per heavy atom. The molecule has 28 heavy (non-hydrogen) atoms. The van der Waals surface area contributed by atoms with Crippen molar-refractivity contribution in [3.8, 4) is 5.88 Å². The van der Waals surface area contributed by atoms with E-state index in [1.54, 1.807) is 19.1 Å². The van der Waals surface area contributed by atoms with E-state index in [9.17, 15) is 14.7 Å². The van der Waals surface area contributed by atoms with Gasteiger partial charge in [-0.05, 0) is 30.9 Å². The SMILES string of the molecule is CCC1(Nc2snc(C)c2C(=O)Nc2ccc(OC)nc2)NC=C(C(=O)O)S1. The number of methoxy groups -OCH3 is 1. The largest absolute Gasteiger partial charge is 0.481 e. The van der Waals surface area contributed by atoms with Crippen LogP contribution in [0.4, 0.5) is 10.7 Å². The Morgan fingerprint density at radius 2 is 2.18 bits per heavy atom. The number of carboxylic acids is 1. The third-order valence-corrected chi connectivity index (χ3v) is 6.26. The summed E-state index contributed by atoms with van der Waals surface area (Å²) in [5.41, 5.74) is 1.50. The highest BCUT2D eigenvalue weighted by Crippen LogP contribution is 2.40. The summed E-state index contributed by atoms with van der Waals surface area (Å²) in [6.07, 6.45) is 3.54. The number of hydrogen-bond acceptors (Lipinski definition) is 9. The number of aryl methyl sites for hydroxylation is 1. The van der Waals surface area contributed by atoms with Gasteiger partial charge in [0.15, 0.2) is 4.99 Å². The second kappa shape index (κ2) is 8.07. The normalized spacial score (nSPS) is 18.2. The first-order valence-electron chi connectivity index (χ1n) is 8.33. The minimum atomic E-state index is -1.000. The zero-order chi connectivity index (χ0) is 20.3. The van der Waals surface area contributed by atoms with Gasteiger partial charge in [-0.3, -0.25) is 4.79 Å². The summed E-state index contributed by atoms with van der Waals surface area (Å²) in [5, 5.41) is 18.9. The van der Waals surface area contributed by atoms with Crippen molar-refractivity contribution < 1.29 is 19.4 Å². The van der Waals surface area contributed by atoms with E-state index in [1.165, 1.54) is 19.5 Å². The third-order valence-electron chi connectivity index (χ3n) is 4.04. The van der Waals surface area contributed by atoms with Crippen molar-refractivity contribution in [3.63, 3.8) is 0 Å². The molecule has 1 amide bonds. The molecule has 2 aromatic heterocycles. The van der Waals surface area contributed by atoms with E-state index in [-0.39, 0.29) is 10.8 Å². The van der Waals surface area contributed by atoms with E-state index in [0.29, 0.717) is 34.2 Å². The first kappa shape index (κ1) is 20.0. The quantitative estimate of drug-likeness (QED) is 0.534. The van der Waals surface area contributed by atoms with Crippen LogP contribution in [0.15, 0.2) is 29.4 Å². The van der Waals surface area contributed by atoms with Gasteiger partial charge in [0, 0.05) is 12.3 Å². The van der Waals surface area contributed by atoms with E-state index in [2.05, 4.69) is 25.3 Å². The lowest BCUT2D eigenvalue weighted by Crippen LogP contribution is -2.43. The maximum Gasteiger partial charge on any atom is 0.343 e. The topological polar surface area (TPSA) is 125 Å². The second-order valence-electron chi connectivity index (χ2n) is 5.88. The predicted molar refractivity (Wildman–Crippen MR) is 109 cm³/mol. The molecule has 0 saturated heterocycles. The number of rotatable bonds is 7. The number of carbonyl (C=O) groups is 2. The number of aromatic nitrogens is 2. The lowest BCUT2D eigenvalue weighted by atomic mass is 10.2. The molecule has 0 fully saturated rings. The average Bonchev–Trinajstić information content (AvgIpc) is 3.27. The van der Waals surface area contributed by atoms with Gasteiger partial charge in [0.25, 0.3) is 5.91 Å². The molecule has 1 atom stereocenters. The molecular formula is C17H19N5O4S2. The minimum Gasteiger partial charge on any atom is -0.481 e. The summed E-state index contributed by atoms with van der Waals surface area (Å²) in [5.74, 6) is -0.883. The van der Waals surface area contributed by atoms with Crippen LogP contribution in [0.1, 0.15) is 29.4 Å². The fourth-order valence-corrected chi connectivity index (χ4v) is 4.46. The molecule has 0 spiro atoms. The number of ether oxygens (including phenoxy) is 1. The first-order chi connectivity index (χ1) is 13.4. The molecule has 0 aromatic carbocycles. The first-order valence-corrected chi connectivity index (χ1v) is 9.92. The number of carbonyl (C=O) groups excluding carboxylic acids is 1. The van der Waals surface area contributed by atoms with Gasteiger partial charge in [0.1, 0.15) is 9.91 Å². The number of carboxylic acid groups (broad SMARTS) is 1. The summed E-state index contributed by atoms with van der Waals surface area (Å²) >= 11 is 2.31. The molecule has 1 unspecified atom stereocenters. The molecule has 3 rings (SSSR count). The molecule has 148 valence electrons. The van der Waals surface area contributed by atoms with Crippen molar-refractivity contribution in [3.05, 3.63) is 40.7 Å². The van der Waals surface area contributed by atoms with Gasteiger partial charge < -0.3 is 25.8 Å². The van der Waals surface area contributed by atoms with Crippen LogP contribution in [0.2, 0.25) is 0 Å². The number of amides is 1. The molecule has 2 aromatic rings. The van der Waals surface area contributed by atoms with Crippen LogP contribution in [-0.2, 0) is 4.79 Å². The summed E-state index contributed by atoms with van der Waals surface area (Å²) in [4.78, 5) is 27.6. The molecule has 11 heteroatoms. The second-order valence-corrected chi connectivity index (χ2v) is 8.00. The van der Waals surface area contributed by atoms with Gasteiger partial charge in [-0.2, -0.15) is 4.37 Å². The fraction of sp³-hybridized carbons (Fsp3) is 0.294. The number of pyridine rings is 1. The Kier molecular flexibility index (Phi) is 5.75. The van der Waals surface area contributed by atoms with Crippen LogP contribution in [0.5, 0.6) is 5.88 Å². The molecule has 0 radical (unpaired) electrons. The van der Waals surface area contributed by atoms with Crippen LogP contribution in [-0.4, -0.2) is 38.4 Å². The number of thioether (sulfide) groups is 1. The summed E-state index contributed by atoms with van der Waals surface area (Å²) < 4.78 is 9.29. The van der Waals surface area contributed by atoms with E-state index in [0.717, 1.165) is 23.3 Å². The van der Waals surface area contributed by atoms with Crippen LogP contribution in [0.25, 0.3) is 0 Å². The molecule has 0 bridgehead atoms. The Hall–Kier alpha value is -2.79. The van der Waals surface area contributed by atoms with Crippen LogP contribution in [0, 0.1) is 6.92 Å². The Balaban J connectivity index is 1.79. The van der Waals surface area contributed by atoms with Crippen molar-refractivity contribution in [2.45, 2.75) is 25.3 Å². The lowest BCUT2D eigenvalue weighted by Gasteiger charge is -2.29. The van der Waals surface area contributed by atoms with Crippen molar-refractivity contribution >= 4 is 45.9 Å². The smallest absolute Gasteiger partial charge is 0.343 e. The van der Waals surface area contributed by atoms with Crippen LogP contribution >= 0.6 is 23.3 Å². The van der Waals surface area contributed by atoms with Crippen molar-refractivity contribution in [2.24, 2.45) is 0 Å². The molecule has 0 saturated carbocycles. The van der Waals surface area contributed by atoms with Gasteiger partial charge in [0.2, 0.25) is 5.88 Å². The van der Waals surface area contributed by atoms with E-state index >= 15 is 0 Å². The molecule has 0 aliphatic carbocycles. The van der Waals surface area contributed by atoms with Crippen molar-refractivity contribution in [2.75, 3.05) is 17.7 Å². The van der Waals surface area contributed by atoms with Gasteiger partial charge >= 0.3 is 5.97 Å². The molecule has 1 aliphatic heterocycles. The van der Waals surface area contributed by atoms with Crippen molar-refractivity contribution in [1.29, 1.82) is 0 Å². The number of nitrogens with one attached hydrogen (secondary N) is 3. The Morgan fingerprint density at radius 1 is 1.39 bits per heavy atom. The minimum absolute atomic E-state index is 0.200. The fourth-order valence-electron chi connectivity index (χ4n) is 2.53. The summed E-state index contributed by atoms with van der Waals surface area (Å²) in [7, 11) is 1.52. The maximum absolute atomic E-state index is 12.8. The monoisotopic (exact) mass is 421 g/mol. The molecule has 9 nitrogen and oxygen atoms in total. The standard InChI is InChI=1S/C17H19N5O4S2/c1-4-17(19-8-11(27-17)16(24)25)21-15-13(9(2)22-28-15)14(23)20-10-5-6-12(26-3)18-7-10/h5-8,19,21H,4H2,1-3H3,(H,20,23)(H,24,25). The summed E-state index contributed by atoms with van der Waals surface area (Å²) in [6.45, 7) is 3.67. The molecule has 1 aliphatic rings. The van der Waals surface area contributed by atoms with Crippen molar-refractivity contribution in [1.82, 2.24) is 14.7 Å². The van der Waals surface area contributed by atoms with Gasteiger partial charge in [-0.25, -0.2) is 9.78 Å². The Labute approximate surface area is 169 Å². The van der Waals surface area contributed by atoms with Gasteiger partial charge in [-0.1, -0.05) is 18.7 Å². The molecule has 4 N–H and O–H groups in total. The third kappa shape index (κ3) is 4.04. The van der Waals surface area contributed by atoms with E-state index in [1.807, 2.05) is 6.92 Å². The van der Waals surface area contributed by atoms with Crippen LogP contribution < -0.4 is 20.7 Å². The molecule has 3 heterocycles. The van der Waals surface area contributed by atoms with E-state index in [4.69, 9.17) is 4.74 Å². The highest BCUT2D eigenvalue weighted by molar-refractivity contribution is 8.05. The zero-order valence-electron chi connectivity index (χ0n) is 15.4. The van der Waals surface area contributed by atoms with Gasteiger partial charge in [0.05, 0.1) is 30.3 Å². The Bertz CT molecular complexity index is 928. The van der Waals surface area contributed by atoms with E-state index < -0.39 is 11.0 Å².